The number of nitrogen functional groups attached to an aromatic ring is 1. The predicted octanol–water partition coefficient (Wildman–Crippen LogP) is 2.37. The van der Waals surface area contributed by atoms with E-state index in [9.17, 15) is 0 Å². The van der Waals surface area contributed by atoms with E-state index in [0.717, 1.165) is 10.9 Å². The van der Waals surface area contributed by atoms with Gasteiger partial charge in [-0.05, 0) is 32.9 Å². The van der Waals surface area contributed by atoms with E-state index in [2.05, 4.69) is 36.5 Å². The van der Waals surface area contributed by atoms with Gasteiger partial charge in [0.2, 0.25) is 0 Å². The number of anilines is 1. The molecule has 0 aliphatic rings. The zero-order valence-electron chi connectivity index (χ0n) is 8.78. The van der Waals surface area contributed by atoms with E-state index >= 15 is 0 Å². The predicted molar refractivity (Wildman–Crippen MR) is 59.1 cm³/mol. The first-order chi connectivity index (χ1) is 6.50. The van der Waals surface area contributed by atoms with Crippen molar-refractivity contribution in [3.05, 3.63) is 24.5 Å². The summed E-state index contributed by atoms with van der Waals surface area (Å²) in [7, 11) is 0. The molecule has 0 aromatic carbocycles. The molecule has 0 saturated carbocycles. The molecule has 74 valence electrons. The van der Waals surface area contributed by atoms with Crippen LogP contribution in [0.2, 0.25) is 0 Å². The Balaban J connectivity index is 2.76. The molecular formula is C11H15N3. The minimum atomic E-state index is 0.0789. The summed E-state index contributed by atoms with van der Waals surface area (Å²) in [5.41, 5.74) is 7.01. The highest BCUT2D eigenvalue weighted by atomic mass is 15.0. The topological polar surface area (TPSA) is 43.8 Å². The molecule has 0 atom stereocenters. The van der Waals surface area contributed by atoms with E-state index in [-0.39, 0.29) is 5.54 Å². The van der Waals surface area contributed by atoms with E-state index in [0.29, 0.717) is 5.82 Å². The smallest absolute Gasteiger partial charge is 0.132 e. The van der Waals surface area contributed by atoms with Crippen LogP contribution < -0.4 is 5.73 Å². The number of aromatic nitrogens is 2. The van der Waals surface area contributed by atoms with E-state index < -0.39 is 0 Å². The zero-order valence-corrected chi connectivity index (χ0v) is 8.78. The van der Waals surface area contributed by atoms with Crippen molar-refractivity contribution in [2.45, 2.75) is 26.3 Å². The Labute approximate surface area is 83.6 Å². The van der Waals surface area contributed by atoms with Gasteiger partial charge in [0, 0.05) is 23.3 Å². The molecule has 0 aliphatic heterocycles. The van der Waals surface area contributed by atoms with Gasteiger partial charge in [0.05, 0.1) is 5.52 Å². The Morgan fingerprint density at radius 1 is 1.29 bits per heavy atom. The number of pyridine rings is 1. The van der Waals surface area contributed by atoms with Crippen molar-refractivity contribution in [3.63, 3.8) is 0 Å². The summed E-state index contributed by atoms with van der Waals surface area (Å²) in [4.78, 5) is 4.07. The zero-order chi connectivity index (χ0) is 10.3. The van der Waals surface area contributed by atoms with Gasteiger partial charge in [0.1, 0.15) is 5.82 Å². The van der Waals surface area contributed by atoms with Gasteiger partial charge in [0.15, 0.2) is 0 Å². The highest BCUT2D eigenvalue weighted by molar-refractivity contribution is 5.89. The standard InChI is InChI=1S/C11H15N3/c1-11(2,3)14-7-5-8-9(14)4-6-13-10(8)12/h4-7H,1-3H3,(H2,12,13). The lowest BCUT2D eigenvalue weighted by Crippen LogP contribution is -2.20. The van der Waals surface area contributed by atoms with Crippen LogP contribution >= 0.6 is 0 Å². The normalized spacial score (nSPS) is 12.2. The summed E-state index contributed by atoms with van der Waals surface area (Å²) >= 11 is 0. The van der Waals surface area contributed by atoms with E-state index in [1.807, 2.05) is 12.1 Å². The van der Waals surface area contributed by atoms with E-state index in [1.54, 1.807) is 6.20 Å². The molecular weight excluding hydrogens is 174 g/mol. The number of hydrogen-bond donors (Lipinski definition) is 1. The molecule has 2 rings (SSSR count). The highest BCUT2D eigenvalue weighted by Gasteiger charge is 2.15. The van der Waals surface area contributed by atoms with Gasteiger partial charge < -0.3 is 10.3 Å². The third-order valence-electron chi connectivity index (χ3n) is 2.37. The number of hydrogen-bond acceptors (Lipinski definition) is 2. The Kier molecular flexibility index (Phi) is 1.77. The van der Waals surface area contributed by atoms with Crippen LogP contribution in [0.4, 0.5) is 5.82 Å². The molecule has 0 unspecified atom stereocenters. The van der Waals surface area contributed by atoms with Gasteiger partial charge in [-0.2, -0.15) is 0 Å². The summed E-state index contributed by atoms with van der Waals surface area (Å²) in [6, 6.07) is 4.01. The molecule has 0 amide bonds. The molecule has 2 heterocycles. The first-order valence-corrected chi connectivity index (χ1v) is 4.72. The van der Waals surface area contributed by atoms with Crippen LogP contribution in [0.25, 0.3) is 10.9 Å². The highest BCUT2D eigenvalue weighted by Crippen LogP contribution is 2.25. The maximum Gasteiger partial charge on any atom is 0.132 e. The lowest BCUT2D eigenvalue weighted by Gasteiger charge is -2.22. The molecule has 2 aromatic heterocycles. The van der Waals surface area contributed by atoms with Gasteiger partial charge in [-0.25, -0.2) is 4.98 Å². The third kappa shape index (κ3) is 1.25. The molecule has 0 spiro atoms. The van der Waals surface area contributed by atoms with Crippen molar-refractivity contribution in [2.24, 2.45) is 0 Å². The lowest BCUT2D eigenvalue weighted by molar-refractivity contribution is 0.411. The number of fused-ring (bicyclic) bond motifs is 1. The van der Waals surface area contributed by atoms with Crippen molar-refractivity contribution in [3.8, 4) is 0 Å². The average molecular weight is 189 g/mol. The summed E-state index contributed by atoms with van der Waals surface area (Å²) in [6.45, 7) is 6.51. The minimum Gasteiger partial charge on any atom is -0.383 e. The molecule has 2 N–H and O–H groups in total. The average Bonchev–Trinajstić information content (AvgIpc) is 2.47. The maximum absolute atomic E-state index is 5.79. The Bertz CT molecular complexity index is 463. The molecule has 0 bridgehead atoms. The maximum atomic E-state index is 5.79. The van der Waals surface area contributed by atoms with E-state index in [1.165, 1.54) is 0 Å². The minimum absolute atomic E-state index is 0.0789. The second-order valence-electron chi connectivity index (χ2n) is 4.49. The SMILES string of the molecule is CC(C)(C)n1ccc2c(N)nccc21. The number of nitrogens with zero attached hydrogens (tertiary/aromatic N) is 2. The molecule has 0 aliphatic carbocycles. The Morgan fingerprint density at radius 2 is 2.00 bits per heavy atom. The first kappa shape index (κ1) is 9.06. The third-order valence-corrected chi connectivity index (χ3v) is 2.37. The second-order valence-corrected chi connectivity index (χ2v) is 4.49. The molecule has 2 aromatic rings. The fourth-order valence-corrected chi connectivity index (χ4v) is 1.67. The molecule has 0 radical (unpaired) electrons. The van der Waals surface area contributed by atoms with Crippen LogP contribution in [0.1, 0.15) is 20.8 Å². The summed E-state index contributed by atoms with van der Waals surface area (Å²) in [5.74, 6) is 0.602. The Morgan fingerprint density at radius 3 is 2.64 bits per heavy atom. The van der Waals surface area contributed by atoms with Gasteiger partial charge >= 0.3 is 0 Å². The monoisotopic (exact) mass is 189 g/mol. The van der Waals surface area contributed by atoms with Crippen molar-refractivity contribution in [1.82, 2.24) is 9.55 Å². The van der Waals surface area contributed by atoms with Crippen molar-refractivity contribution in [1.29, 1.82) is 0 Å². The fraction of sp³-hybridized carbons (Fsp3) is 0.364. The lowest BCUT2D eigenvalue weighted by atomic mass is 10.1. The molecule has 14 heavy (non-hydrogen) atoms. The summed E-state index contributed by atoms with van der Waals surface area (Å²) < 4.78 is 2.21. The van der Waals surface area contributed by atoms with Crippen molar-refractivity contribution in [2.75, 3.05) is 5.73 Å². The Hall–Kier alpha value is -1.51. The van der Waals surface area contributed by atoms with Gasteiger partial charge in [-0.3, -0.25) is 0 Å². The van der Waals surface area contributed by atoms with Crippen molar-refractivity contribution < 1.29 is 0 Å². The van der Waals surface area contributed by atoms with Crippen LogP contribution in [0.15, 0.2) is 24.5 Å². The second kappa shape index (κ2) is 2.74. The summed E-state index contributed by atoms with van der Waals surface area (Å²) in [5, 5.41) is 1.03. The van der Waals surface area contributed by atoms with Crippen LogP contribution in [0, 0.1) is 0 Å². The first-order valence-electron chi connectivity index (χ1n) is 4.72. The van der Waals surface area contributed by atoms with E-state index in [4.69, 9.17) is 5.73 Å². The van der Waals surface area contributed by atoms with Gasteiger partial charge in [-0.15, -0.1) is 0 Å². The van der Waals surface area contributed by atoms with Crippen LogP contribution in [-0.4, -0.2) is 9.55 Å². The van der Waals surface area contributed by atoms with Gasteiger partial charge in [-0.1, -0.05) is 0 Å². The number of rotatable bonds is 0. The summed E-state index contributed by atoms with van der Waals surface area (Å²) in [6.07, 6.45) is 3.81. The van der Waals surface area contributed by atoms with Crippen LogP contribution in [0.3, 0.4) is 0 Å². The quantitative estimate of drug-likeness (QED) is 0.691. The van der Waals surface area contributed by atoms with Crippen LogP contribution in [0.5, 0.6) is 0 Å². The molecule has 0 fully saturated rings. The molecule has 3 nitrogen and oxygen atoms in total. The van der Waals surface area contributed by atoms with Crippen LogP contribution in [-0.2, 0) is 5.54 Å². The fourth-order valence-electron chi connectivity index (χ4n) is 1.67. The van der Waals surface area contributed by atoms with Gasteiger partial charge in [0.25, 0.3) is 0 Å². The largest absolute Gasteiger partial charge is 0.383 e. The molecule has 0 saturated heterocycles. The number of nitrogens with two attached hydrogens (primary N) is 1. The van der Waals surface area contributed by atoms with Crippen molar-refractivity contribution >= 4 is 16.7 Å². The molecule has 3 heteroatoms.